The summed E-state index contributed by atoms with van der Waals surface area (Å²) in [5, 5.41) is 14.8. The van der Waals surface area contributed by atoms with Gasteiger partial charge in [0, 0.05) is 11.4 Å². The molecule has 7 nitrogen and oxygen atoms in total. The number of aliphatic carboxylic acids is 1. The highest BCUT2D eigenvalue weighted by molar-refractivity contribution is 7.94. The zero-order valence-electron chi connectivity index (χ0n) is 10.8. The van der Waals surface area contributed by atoms with E-state index in [1.54, 1.807) is 13.8 Å². The number of rotatable bonds is 5. The van der Waals surface area contributed by atoms with Gasteiger partial charge >= 0.3 is 12.0 Å². The summed E-state index contributed by atoms with van der Waals surface area (Å²) in [5.74, 6) is -1.20. The summed E-state index contributed by atoms with van der Waals surface area (Å²) in [6.45, 7) is 3.60. The molecule has 3 N–H and O–H groups in total. The first-order chi connectivity index (χ1) is 8.69. The molecule has 0 fully saturated rings. The van der Waals surface area contributed by atoms with Gasteiger partial charge in [-0.3, -0.25) is 4.79 Å². The van der Waals surface area contributed by atoms with Gasteiger partial charge in [-0.05, 0) is 12.0 Å². The Hall–Kier alpha value is -1.57. The van der Waals surface area contributed by atoms with E-state index in [-0.39, 0.29) is 18.1 Å². The van der Waals surface area contributed by atoms with Crippen molar-refractivity contribution < 1.29 is 23.1 Å². The number of carbonyl (C=O) groups is 2. The normalized spacial score (nSPS) is 22.2. The van der Waals surface area contributed by atoms with Crippen LogP contribution < -0.4 is 10.6 Å². The second-order valence-electron chi connectivity index (χ2n) is 4.83. The lowest BCUT2D eigenvalue weighted by Crippen LogP contribution is -2.48. The van der Waals surface area contributed by atoms with E-state index in [1.165, 1.54) is 6.08 Å². The highest BCUT2D eigenvalue weighted by Crippen LogP contribution is 2.09. The van der Waals surface area contributed by atoms with Gasteiger partial charge in [0.25, 0.3) is 0 Å². The summed E-state index contributed by atoms with van der Waals surface area (Å²) in [6.07, 6.45) is 1.22. The number of sulfone groups is 1. The molecule has 2 amide bonds. The maximum atomic E-state index is 11.7. The molecule has 0 spiro atoms. The van der Waals surface area contributed by atoms with Crippen molar-refractivity contribution in [3.05, 3.63) is 11.5 Å². The molecule has 1 aliphatic heterocycles. The minimum absolute atomic E-state index is 0.0373. The molecule has 2 unspecified atom stereocenters. The molecule has 108 valence electrons. The van der Waals surface area contributed by atoms with Crippen molar-refractivity contribution in [2.45, 2.75) is 32.4 Å². The Bertz CT molecular complexity index is 483. The zero-order valence-corrected chi connectivity index (χ0v) is 11.6. The lowest BCUT2D eigenvalue weighted by atomic mass is 10.0. The average Bonchev–Trinajstić information content (AvgIpc) is 2.56. The second kappa shape index (κ2) is 6.05. The Morgan fingerprint density at radius 2 is 2.05 bits per heavy atom. The molecule has 1 rings (SSSR count). The Kier molecular flexibility index (Phi) is 4.93. The monoisotopic (exact) mass is 290 g/mol. The van der Waals surface area contributed by atoms with Gasteiger partial charge in [0.05, 0.1) is 18.2 Å². The van der Waals surface area contributed by atoms with Crippen LogP contribution in [0, 0.1) is 5.92 Å². The van der Waals surface area contributed by atoms with Crippen LogP contribution >= 0.6 is 0 Å². The van der Waals surface area contributed by atoms with E-state index in [2.05, 4.69) is 10.6 Å². The van der Waals surface area contributed by atoms with Crippen LogP contribution in [0.1, 0.15) is 20.3 Å². The minimum Gasteiger partial charge on any atom is -0.481 e. The first-order valence-corrected chi connectivity index (χ1v) is 7.61. The van der Waals surface area contributed by atoms with Gasteiger partial charge in [-0.15, -0.1) is 0 Å². The molecular weight excluding hydrogens is 272 g/mol. The Morgan fingerprint density at radius 3 is 2.47 bits per heavy atom. The van der Waals surface area contributed by atoms with E-state index < -0.39 is 33.9 Å². The van der Waals surface area contributed by atoms with Crippen molar-refractivity contribution in [1.29, 1.82) is 0 Å². The van der Waals surface area contributed by atoms with Gasteiger partial charge in [0.2, 0.25) is 0 Å². The van der Waals surface area contributed by atoms with Crippen molar-refractivity contribution in [3.8, 4) is 0 Å². The molecule has 0 aromatic rings. The second-order valence-corrected chi connectivity index (χ2v) is 6.76. The molecule has 0 aliphatic carbocycles. The van der Waals surface area contributed by atoms with E-state index in [0.29, 0.717) is 0 Å². The molecule has 0 aromatic heterocycles. The van der Waals surface area contributed by atoms with Crippen molar-refractivity contribution in [2.75, 3.05) is 5.75 Å². The fourth-order valence-corrected chi connectivity index (χ4v) is 2.92. The first kappa shape index (κ1) is 15.5. The van der Waals surface area contributed by atoms with Gasteiger partial charge in [-0.1, -0.05) is 13.8 Å². The third-order valence-corrected chi connectivity index (χ3v) is 4.16. The topological polar surface area (TPSA) is 113 Å². The third kappa shape index (κ3) is 5.29. The molecule has 19 heavy (non-hydrogen) atoms. The van der Waals surface area contributed by atoms with Crippen LogP contribution in [0.3, 0.4) is 0 Å². The standard InChI is InChI=1S/C11H18N2O5S/c1-7(2)9(5-10(14)15)13-11(16)12-8-3-4-19(17,18)6-8/h3-4,7-9H,5-6H2,1-2H3,(H,14,15)(H2,12,13,16). The number of amides is 2. The number of carboxylic acid groups (broad SMARTS) is 1. The molecule has 0 saturated carbocycles. The van der Waals surface area contributed by atoms with E-state index in [9.17, 15) is 18.0 Å². The van der Waals surface area contributed by atoms with Crippen LogP contribution in [0.15, 0.2) is 11.5 Å². The lowest BCUT2D eigenvalue weighted by molar-refractivity contribution is -0.137. The van der Waals surface area contributed by atoms with Gasteiger partial charge in [0.15, 0.2) is 9.84 Å². The highest BCUT2D eigenvalue weighted by Gasteiger charge is 2.25. The van der Waals surface area contributed by atoms with E-state index in [4.69, 9.17) is 5.11 Å². The van der Waals surface area contributed by atoms with Crippen molar-refractivity contribution in [1.82, 2.24) is 10.6 Å². The van der Waals surface area contributed by atoms with Gasteiger partial charge < -0.3 is 15.7 Å². The number of carboxylic acids is 1. The van der Waals surface area contributed by atoms with Crippen LogP contribution in [-0.2, 0) is 14.6 Å². The maximum absolute atomic E-state index is 11.7. The Labute approximate surface area is 112 Å². The predicted octanol–water partition coefficient (Wildman–Crippen LogP) is 0.0956. The van der Waals surface area contributed by atoms with Gasteiger partial charge in [-0.2, -0.15) is 0 Å². The van der Waals surface area contributed by atoms with Crippen molar-refractivity contribution in [3.63, 3.8) is 0 Å². The summed E-state index contributed by atoms with van der Waals surface area (Å²) in [5.41, 5.74) is 0. The highest BCUT2D eigenvalue weighted by atomic mass is 32.2. The fourth-order valence-electron chi connectivity index (χ4n) is 1.69. The summed E-state index contributed by atoms with van der Waals surface area (Å²) >= 11 is 0. The van der Waals surface area contributed by atoms with Crippen LogP contribution in [0.2, 0.25) is 0 Å². The van der Waals surface area contributed by atoms with E-state index in [0.717, 1.165) is 5.41 Å². The molecule has 0 aromatic carbocycles. The van der Waals surface area contributed by atoms with E-state index in [1.807, 2.05) is 0 Å². The first-order valence-electron chi connectivity index (χ1n) is 5.89. The van der Waals surface area contributed by atoms with E-state index >= 15 is 0 Å². The molecule has 1 heterocycles. The third-order valence-electron chi connectivity index (χ3n) is 2.76. The predicted molar refractivity (Wildman–Crippen MR) is 69.3 cm³/mol. The van der Waals surface area contributed by atoms with Gasteiger partial charge in [0.1, 0.15) is 0 Å². The number of nitrogens with one attached hydrogen (secondary N) is 2. The molecular formula is C11H18N2O5S. The van der Waals surface area contributed by atoms with Gasteiger partial charge in [-0.25, -0.2) is 13.2 Å². The lowest BCUT2D eigenvalue weighted by Gasteiger charge is -2.21. The average molecular weight is 290 g/mol. The smallest absolute Gasteiger partial charge is 0.315 e. The van der Waals surface area contributed by atoms with Crippen LogP contribution in [0.5, 0.6) is 0 Å². The molecule has 0 saturated heterocycles. The van der Waals surface area contributed by atoms with Crippen LogP contribution in [0.25, 0.3) is 0 Å². The number of urea groups is 1. The number of carbonyl (C=O) groups excluding carboxylic acids is 1. The molecule has 8 heteroatoms. The Morgan fingerprint density at radius 1 is 1.42 bits per heavy atom. The van der Waals surface area contributed by atoms with Crippen molar-refractivity contribution in [2.24, 2.45) is 5.92 Å². The number of hydrogen-bond donors (Lipinski definition) is 3. The largest absolute Gasteiger partial charge is 0.481 e. The fraction of sp³-hybridized carbons (Fsp3) is 0.636. The zero-order chi connectivity index (χ0) is 14.6. The molecule has 1 aliphatic rings. The maximum Gasteiger partial charge on any atom is 0.315 e. The minimum atomic E-state index is -3.22. The van der Waals surface area contributed by atoms with Crippen LogP contribution in [-0.4, -0.2) is 43.4 Å². The SMILES string of the molecule is CC(C)C(CC(=O)O)NC(=O)NC1C=CS(=O)(=O)C1. The number of hydrogen-bond acceptors (Lipinski definition) is 4. The summed E-state index contributed by atoms with van der Waals surface area (Å²) in [6, 6.07) is -1.63. The summed E-state index contributed by atoms with van der Waals surface area (Å²) in [4.78, 5) is 22.3. The molecule has 0 radical (unpaired) electrons. The summed E-state index contributed by atoms with van der Waals surface area (Å²) in [7, 11) is -3.22. The molecule has 2 atom stereocenters. The van der Waals surface area contributed by atoms with Crippen LogP contribution in [0.4, 0.5) is 4.79 Å². The Balaban J connectivity index is 2.50. The quantitative estimate of drug-likeness (QED) is 0.664. The molecule has 0 bridgehead atoms. The summed E-state index contributed by atoms with van der Waals surface area (Å²) < 4.78 is 22.3. The van der Waals surface area contributed by atoms with Crippen molar-refractivity contribution >= 4 is 21.8 Å².